The number of esters is 1. The number of hydrogen-bond donors (Lipinski definition) is 1. The van der Waals surface area contributed by atoms with E-state index >= 15 is 0 Å². The van der Waals surface area contributed by atoms with Crippen LogP contribution in [0.4, 0.5) is 0 Å². The van der Waals surface area contributed by atoms with Gasteiger partial charge < -0.3 is 10.1 Å². The van der Waals surface area contributed by atoms with Crippen molar-refractivity contribution < 1.29 is 23.9 Å². The van der Waals surface area contributed by atoms with Crippen LogP contribution in [0.15, 0.2) is 54.6 Å². The van der Waals surface area contributed by atoms with E-state index < -0.39 is 12.0 Å². The van der Waals surface area contributed by atoms with Crippen molar-refractivity contribution >= 4 is 23.7 Å². The van der Waals surface area contributed by atoms with Gasteiger partial charge in [0.2, 0.25) is 5.91 Å². The zero-order valence-corrected chi connectivity index (χ0v) is 18.2. The van der Waals surface area contributed by atoms with Gasteiger partial charge in [0.15, 0.2) is 0 Å². The molecule has 0 aliphatic carbocycles. The first kappa shape index (κ1) is 23.2. The molecule has 7 heteroatoms. The molecule has 1 aliphatic heterocycles. The van der Waals surface area contributed by atoms with Gasteiger partial charge in [-0.25, -0.2) is 4.79 Å². The number of benzene rings is 2. The summed E-state index contributed by atoms with van der Waals surface area (Å²) in [6, 6.07) is 15.5. The van der Waals surface area contributed by atoms with Gasteiger partial charge in [0, 0.05) is 19.4 Å². The van der Waals surface area contributed by atoms with Crippen LogP contribution in [0.3, 0.4) is 0 Å². The fraction of sp³-hybridized carbons (Fsp3) is 0.360. The second kappa shape index (κ2) is 11.2. The molecule has 2 aromatic rings. The molecule has 0 bridgehead atoms. The summed E-state index contributed by atoms with van der Waals surface area (Å²) in [6.07, 6.45) is 2.52. The van der Waals surface area contributed by atoms with Crippen LogP contribution < -0.4 is 5.32 Å². The average Bonchev–Trinajstić information content (AvgIpc) is 3.04. The van der Waals surface area contributed by atoms with E-state index in [4.69, 9.17) is 4.74 Å². The van der Waals surface area contributed by atoms with E-state index in [0.717, 1.165) is 5.56 Å². The van der Waals surface area contributed by atoms with E-state index in [1.54, 1.807) is 31.2 Å². The van der Waals surface area contributed by atoms with E-state index in [-0.39, 0.29) is 30.7 Å². The topological polar surface area (TPSA) is 92.8 Å². The molecule has 32 heavy (non-hydrogen) atoms. The highest BCUT2D eigenvalue weighted by molar-refractivity contribution is 6.21. The molecule has 3 rings (SSSR count). The van der Waals surface area contributed by atoms with Gasteiger partial charge in [0.25, 0.3) is 11.8 Å². The number of carbonyl (C=O) groups excluding carboxylic acids is 4. The minimum absolute atomic E-state index is 0.222. The summed E-state index contributed by atoms with van der Waals surface area (Å²) in [6.45, 7) is 2.30. The van der Waals surface area contributed by atoms with Crippen molar-refractivity contribution in [3.8, 4) is 0 Å². The van der Waals surface area contributed by atoms with Crippen molar-refractivity contribution in [3.05, 3.63) is 71.3 Å². The van der Waals surface area contributed by atoms with E-state index in [0.29, 0.717) is 43.4 Å². The molecule has 2 aromatic carbocycles. The van der Waals surface area contributed by atoms with E-state index in [9.17, 15) is 19.2 Å². The molecule has 0 spiro atoms. The maximum Gasteiger partial charge on any atom is 0.328 e. The Labute approximate surface area is 187 Å². The van der Waals surface area contributed by atoms with Crippen molar-refractivity contribution in [2.45, 2.75) is 45.1 Å². The number of nitrogens with zero attached hydrogens (tertiary/aromatic N) is 1. The quantitative estimate of drug-likeness (QED) is 0.332. The molecule has 1 atom stereocenters. The number of amides is 3. The van der Waals surface area contributed by atoms with Crippen LogP contribution >= 0.6 is 0 Å². The number of unbranched alkanes of at least 4 members (excludes halogenated alkanes) is 2. The van der Waals surface area contributed by atoms with Gasteiger partial charge in [-0.05, 0) is 37.5 Å². The standard InChI is InChI=1S/C25H28N2O5/c1-2-32-25(31)21(17-18-11-5-3-6-12-18)26-22(28)15-7-4-10-16-27-23(29)19-13-8-9-14-20(19)24(27)30/h3,5-6,8-9,11-14,21H,2,4,7,10,15-17H2,1H3,(H,26,28)/t21-/m0/s1. The Balaban J connectivity index is 1.42. The van der Waals surface area contributed by atoms with Gasteiger partial charge >= 0.3 is 5.97 Å². The summed E-state index contributed by atoms with van der Waals surface area (Å²) in [5.41, 5.74) is 1.83. The zero-order valence-electron chi connectivity index (χ0n) is 18.2. The van der Waals surface area contributed by atoms with Crippen molar-refractivity contribution in [3.63, 3.8) is 0 Å². The van der Waals surface area contributed by atoms with Gasteiger partial charge in [0.1, 0.15) is 6.04 Å². The number of carbonyl (C=O) groups is 4. The Morgan fingerprint density at radius 1 is 0.906 bits per heavy atom. The number of imide groups is 1. The summed E-state index contributed by atoms with van der Waals surface area (Å²) in [5, 5.41) is 2.78. The Kier molecular flexibility index (Phi) is 8.14. The van der Waals surface area contributed by atoms with Crippen LogP contribution in [0.25, 0.3) is 0 Å². The SMILES string of the molecule is CCOC(=O)[C@H](Cc1ccccc1)NC(=O)CCCCCN1C(=O)c2ccccc2C1=O. The maximum absolute atomic E-state index is 12.4. The fourth-order valence-corrected chi connectivity index (χ4v) is 3.73. The molecule has 3 amide bonds. The van der Waals surface area contributed by atoms with Gasteiger partial charge in [-0.3, -0.25) is 19.3 Å². The Morgan fingerprint density at radius 2 is 1.53 bits per heavy atom. The second-order valence-corrected chi connectivity index (χ2v) is 7.68. The molecule has 0 aromatic heterocycles. The molecule has 1 heterocycles. The second-order valence-electron chi connectivity index (χ2n) is 7.68. The summed E-state index contributed by atoms with van der Waals surface area (Å²) in [7, 11) is 0. The van der Waals surface area contributed by atoms with Crippen molar-refractivity contribution in [1.29, 1.82) is 0 Å². The Hall–Kier alpha value is -3.48. The summed E-state index contributed by atoms with van der Waals surface area (Å²) >= 11 is 0. The van der Waals surface area contributed by atoms with Gasteiger partial charge in [0.05, 0.1) is 17.7 Å². The number of fused-ring (bicyclic) bond motifs is 1. The highest BCUT2D eigenvalue weighted by atomic mass is 16.5. The lowest BCUT2D eigenvalue weighted by atomic mass is 10.1. The third kappa shape index (κ3) is 5.81. The van der Waals surface area contributed by atoms with Crippen molar-refractivity contribution in [1.82, 2.24) is 10.2 Å². The van der Waals surface area contributed by atoms with E-state index in [1.165, 1.54) is 4.90 Å². The first-order valence-electron chi connectivity index (χ1n) is 11.0. The highest BCUT2D eigenvalue weighted by Crippen LogP contribution is 2.22. The molecule has 0 unspecified atom stereocenters. The summed E-state index contributed by atoms with van der Waals surface area (Å²) in [5.74, 6) is -1.20. The number of rotatable bonds is 11. The van der Waals surface area contributed by atoms with Crippen LogP contribution in [0, 0.1) is 0 Å². The largest absolute Gasteiger partial charge is 0.464 e. The lowest BCUT2D eigenvalue weighted by Crippen LogP contribution is -2.43. The minimum Gasteiger partial charge on any atom is -0.464 e. The third-order valence-corrected chi connectivity index (χ3v) is 5.35. The molecule has 1 aliphatic rings. The maximum atomic E-state index is 12.4. The fourth-order valence-electron chi connectivity index (χ4n) is 3.73. The average molecular weight is 437 g/mol. The van der Waals surface area contributed by atoms with Crippen LogP contribution in [-0.4, -0.2) is 47.8 Å². The predicted molar refractivity (Wildman–Crippen MR) is 119 cm³/mol. The molecule has 1 N–H and O–H groups in total. The van der Waals surface area contributed by atoms with Crippen LogP contribution in [-0.2, 0) is 20.7 Å². The first-order valence-corrected chi connectivity index (χ1v) is 11.0. The van der Waals surface area contributed by atoms with Crippen molar-refractivity contribution in [2.24, 2.45) is 0 Å². The molecule has 0 saturated carbocycles. The zero-order chi connectivity index (χ0) is 22.9. The van der Waals surface area contributed by atoms with Gasteiger partial charge in [-0.2, -0.15) is 0 Å². The monoisotopic (exact) mass is 436 g/mol. The number of hydrogen-bond acceptors (Lipinski definition) is 5. The molecule has 168 valence electrons. The molecule has 7 nitrogen and oxygen atoms in total. The van der Waals surface area contributed by atoms with Crippen molar-refractivity contribution in [2.75, 3.05) is 13.2 Å². The molecule has 0 radical (unpaired) electrons. The number of ether oxygens (including phenoxy) is 1. The smallest absolute Gasteiger partial charge is 0.328 e. The highest BCUT2D eigenvalue weighted by Gasteiger charge is 2.34. The van der Waals surface area contributed by atoms with Crippen LogP contribution in [0.1, 0.15) is 58.9 Å². The lowest BCUT2D eigenvalue weighted by Gasteiger charge is -2.17. The Bertz CT molecular complexity index is 938. The van der Waals surface area contributed by atoms with E-state index in [2.05, 4.69) is 5.32 Å². The number of nitrogens with one attached hydrogen (secondary N) is 1. The molecule has 0 saturated heterocycles. The van der Waals surface area contributed by atoms with Gasteiger partial charge in [-0.1, -0.05) is 48.9 Å². The molecular formula is C25H28N2O5. The summed E-state index contributed by atoms with van der Waals surface area (Å²) < 4.78 is 5.10. The third-order valence-electron chi connectivity index (χ3n) is 5.35. The van der Waals surface area contributed by atoms with Crippen LogP contribution in [0.5, 0.6) is 0 Å². The molecule has 0 fully saturated rings. The Morgan fingerprint density at radius 3 is 2.16 bits per heavy atom. The lowest BCUT2D eigenvalue weighted by molar-refractivity contribution is -0.147. The normalized spacial score (nSPS) is 13.6. The predicted octanol–water partition coefficient (Wildman–Crippen LogP) is 3.13. The molecular weight excluding hydrogens is 408 g/mol. The minimum atomic E-state index is -0.733. The summed E-state index contributed by atoms with van der Waals surface area (Å²) in [4.78, 5) is 50.6. The van der Waals surface area contributed by atoms with Crippen LogP contribution in [0.2, 0.25) is 0 Å². The van der Waals surface area contributed by atoms with E-state index in [1.807, 2.05) is 30.3 Å². The van der Waals surface area contributed by atoms with Gasteiger partial charge in [-0.15, -0.1) is 0 Å². The first-order chi connectivity index (χ1) is 15.5.